The van der Waals surface area contributed by atoms with Gasteiger partial charge in [-0.05, 0) is 0 Å². The van der Waals surface area contributed by atoms with Crippen LogP contribution >= 0.6 is 12.4 Å². The Balaban J connectivity index is 0. The van der Waals surface area contributed by atoms with E-state index in [1.165, 1.54) is 25.7 Å². The molecule has 0 saturated carbocycles. The van der Waals surface area contributed by atoms with Crippen LogP contribution < -0.4 is 0 Å². The smallest absolute Gasteiger partial charge is 0.147 e. The normalized spacial score (nSPS) is 7.78. The average molecular weight is 202 g/mol. The molecule has 0 unspecified atom stereocenters. The molecule has 0 saturated heterocycles. The Kier molecular flexibility index (Phi) is 16.3. The Morgan fingerprint density at radius 2 is 1.78 bits per heavy atom. The summed E-state index contributed by atoms with van der Waals surface area (Å²) >= 11 is 0.0434. The van der Waals surface area contributed by atoms with Gasteiger partial charge < -0.3 is 0 Å². The van der Waals surface area contributed by atoms with Crippen molar-refractivity contribution in [2.75, 3.05) is 0 Å². The van der Waals surface area contributed by atoms with E-state index in [-0.39, 0.29) is 29.5 Å². The molecule has 0 aromatic rings. The Labute approximate surface area is 72.8 Å². The van der Waals surface area contributed by atoms with Gasteiger partial charge in [-0.25, -0.2) is 0 Å². The molecule has 0 rings (SSSR count). The van der Waals surface area contributed by atoms with E-state index in [1.54, 1.807) is 5.02 Å². The average Bonchev–Trinajstić information content (AvgIpc) is 1.81. The molecule has 0 radical (unpaired) electrons. The van der Waals surface area contributed by atoms with Crippen LogP contribution in [0.2, 0.25) is 10.5 Å². The molecule has 0 atom stereocenters. The van der Waals surface area contributed by atoms with Crippen LogP contribution in [0.3, 0.4) is 0 Å². The van der Waals surface area contributed by atoms with E-state index in [9.17, 15) is 0 Å². The fourth-order valence-electron chi connectivity index (χ4n) is 0.854. The van der Waals surface area contributed by atoms with Gasteiger partial charge in [0, 0.05) is 0 Å². The number of rotatable bonds is 5. The third-order valence-electron chi connectivity index (χ3n) is 1.46. The van der Waals surface area contributed by atoms with Crippen molar-refractivity contribution >= 4 is 12.4 Å². The fraction of sp³-hybridized carbons (Fsp3) is 1.00. The molecular formula is C7H17ClZn. The first kappa shape index (κ1) is 12.6. The summed E-state index contributed by atoms with van der Waals surface area (Å²) in [6, 6.07) is 0. The molecule has 0 fully saturated rings. The largest absolute Gasteiger partial charge is 0.147 e. The van der Waals surface area contributed by atoms with E-state index in [4.69, 9.17) is 0 Å². The van der Waals surface area contributed by atoms with Crippen molar-refractivity contribution in [3.63, 3.8) is 0 Å². The molecule has 0 spiro atoms. The molecule has 0 heterocycles. The van der Waals surface area contributed by atoms with Crippen LogP contribution in [0.15, 0.2) is 0 Å². The Hall–Kier alpha value is 0.913. The van der Waals surface area contributed by atoms with Crippen molar-refractivity contribution in [3.05, 3.63) is 0 Å². The first-order valence-corrected chi connectivity index (χ1v) is 8.98. The van der Waals surface area contributed by atoms with Gasteiger partial charge >= 0.3 is 60.3 Å². The second-order valence-electron chi connectivity index (χ2n) is 2.41. The van der Waals surface area contributed by atoms with Gasteiger partial charge in [0.25, 0.3) is 0 Å². The maximum atomic E-state index is 2.44. The molecule has 0 aliphatic rings. The molecule has 0 aliphatic carbocycles. The predicted molar refractivity (Wildman–Crippen MR) is 42.1 cm³/mol. The summed E-state index contributed by atoms with van der Waals surface area (Å²) in [5.41, 5.74) is 2.44. The predicted octanol–water partition coefficient (Wildman–Crippen LogP) is 3.54. The second-order valence-corrected chi connectivity index (χ2v) is 6.00. The molecular weight excluding hydrogens is 185 g/mol. The molecule has 0 aromatic heterocycles. The minimum Gasteiger partial charge on any atom is -0.147 e. The van der Waals surface area contributed by atoms with Crippen LogP contribution in [-0.4, -0.2) is 0 Å². The Bertz CT molecular complexity index is 33.9. The topological polar surface area (TPSA) is 0 Å². The van der Waals surface area contributed by atoms with Crippen LogP contribution in [0.4, 0.5) is 0 Å². The third kappa shape index (κ3) is 12.2. The summed E-state index contributed by atoms with van der Waals surface area (Å²) in [5, 5.41) is 1.62. The maximum absolute atomic E-state index is 2.44. The number of hydrogen-bond acceptors (Lipinski definition) is 0. The van der Waals surface area contributed by atoms with Crippen molar-refractivity contribution in [3.8, 4) is 0 Å². The third-order valence-corrected chi connectivity index (χ3v) is 3.99. The first-order chi connectivity index (χ1) is 3.91. The zero-order valence-corrected chi connectivity index (χ0v) is 10.4. The molecule has 54 valence electrons. The van der Waals surface area contributed by atoms with E-state index < -0.39 is 0 Å². The monoisotopic (exact) mass is 200 g/mol. The Morgan fingerprint density at radius 3 is 2.22 bits per heavy atom. The van der Waals surface area contributed by atoms with E-state index in [0.717, 1.165) is 0 Å². The molecule has 0 nitrogen and oxygen atoms in total. The number of hydrogen-bond donors (Lipinski definition) is 0. The van der Waals surface area contributed by atoms with Gasteiger partial charge in [0.05, 0.1) is 0 Å². The minimum atomic E-state index is 0. The van der Waals surface area contributed by atoms with Gasteiger partial charge in [0.1, 0.15) is 0 Å². The van der Waals surface area contributed by atoms with Crippen molar-refractivity contribution in [1.82, 2.24) is 0 Å². The van der Waals surface area contributed by atoms with Crippen LogP contribution in [0.1, 0.15) is 32.6 Å². The van der Waals surface area contributed by atoms with E-state index in [1.807, 2.05) is 0 Å². The zero-order chi connectivity index (χ0) is 6.24. The minimum absolute atomic E-state index is 0. The summed E-state index contributed by atoms with van der Waals surface area (Å²) < 4.78 is 0. The number of halogens is 1. The van der Waals surface area contributed by atoms with Gasteiger partial charge in [-0.2, -0.15) is 0 Å². The molecule has 0 bridgehead atoms. The van der Waals surface area contributed by atoms with Crippen LogP contribution in [0, 0.1) is 0 Å². The van der Waals surface area contributed by atoms with Crippen molar-refractivity contribution in [1.29, 1.82) is 0 Å². The molecule has 2 heteroatoms. The van der Waals surface area contributed by atoms with Gasteiger partial charge in [-0.3, -0.25) is 0 Å². The summed E-state index contributed by atoms with van der Waals surface area (Å²) in [5.74, 6) is 0. The van der Waals surface area contributed by atoms with E-state index in [0.29, 0.717) is 0 Å². The second kappa shape index (κ2) is 11.7. The fourth-order valence-corrected chi connectivity index (χ4v) is 2.64. The summed E-state index contributed by atoms with van der Waals surface area (Å²) in [4.78, 5) is 0. The van der Waals surface area contributed by atoms with Crippen LogP contribution in [0.5, 0.6) is 0 Å². The summed E-state index contributed by atoms with van der Waals surface area (Å²) in [7, 11) is 0. The molecule has 0 aromatic carbocycles. The van der Waals surface area contributed by atoms with Gasteiger partial charge in [0.2, 0.25) is 0 Å². The zero-order valence-electron chi connectivity index (χ0n) is 6.65. The van der Waals surface area contributed by atoms with E-state index in [2.05, 4.69) is 12.4 Å². The van der Waals surface area contributed by atoms with Crippen LogP contribution in [0.25, 0.3) is 0 Å². The molecule has 0 amide bonds. The maximum Gasteiger partial charge on any atom is -0.147 e. The quantitative estimate of drug-likeness (QED) is 0.472. The Morgan fingerprint density at radius 1 is 1.11 bits per heavy atom. The van der Waals surface area contributed by atoms with E-state index >= 15 is 0 Å². The molecule has 0 N–H and O–H groups in total. The van der Waals surface area contributed by atoms with Gasteiger partial charge in [0.15, 0.2) is 0 Å². The SMILES string of the molecule is CCCCC[CH2][Zn][CH3].Cl. The standard InChI is InChI=1S/C6H13.CH3.ClH.Zn/c1-3-5-6-4-2;;;/h1,3-6H2,2H3;1H3;1H;. The van der Waals surface area contributed by atoms with Crippen molar-refractivity contribution < 1.29 is 17.1 Å². The molecule has 0 aliphatic heterocycles. The summed E-state index contributed by atoms with van der Waals surface area (Å²) in [6.07, 6.45) is 5.87. The molecule has 9 heavy (non-hydrogen) atoms. The first-order valence-electron chi connectivity index (χ1n) is 3.91. The van der Waals surface area contributed by atoms with Gasteiger partial charge in [-0.15, -0.1) is 12.4 Å². The van der Waals surface area contributed by atoms with Crippen molar-refractivity contribution in [2.45, 2.75) is 43.1 Å². The summed E-state index contributed by atoms with van der Waals surface area (Å²) in [6.45, 7) is 2.27. The van der Waals surface area contributed by atoms with Crippen molar-refractivity contribution in [2.24, 2.45) is 0 Å². The van der Waals surface area contributed by atoms with Crippen LogP contribution in [-0.2, 0) is 17.1 Å². The van der Waals surface area contributed by atoms with Gasteiger partial charge in [-0.1, -0.05) is 0 Å². The number of unbranched alkanes of at least 4 members (excludes halogenated alkanes) is 3.